The van der Waals surface area contributed by atoms with Crippen molar-refractivity contribution in [2.24, 2.45) is 5.92 Å². The van der Waals surface area contributed by atoms with Crippen LogP contribution in [-0.2, 0) is 21.5 Å². The summed E-state index contributed by atoms with van der Waals surface area (Å²) in [6, 6.07) is 6.03. The van der Waals surface area contributed by atoms with E-state index in [0.717, 1.165) is 46.0 Å². The third kappa shape index (κ3) is 3.11. The van der Waals surface area contributed by atoms with E-state index in [0.29, 0.717) is 37.0 Å². The van der Waals surface area contributed by atoms with E-state index in [-0.39, 0.29) is 5.91 Å². The first-order chi connectivity index (χ1) is 16.5. The standard InChI is InChI=1S/C25H25N7O2/c1-4-32-22(17-9-26-14(2)27-10-17)31-21-20(28-13-29-23(21)32)16-5-6-19-18(7-16)25(3,24(33)30-19)8-15-11-34-12-15/h5-7,9-10,13,15H,4,8,11-12H2,1-3H3,(H,30,33). The lowest BCUT2D eigenvalue weighted by Gasteiger charge is -2.33. The Kier molecular flexibility index (Phi) is 4.70. The summed E-state index contributed by atoms with van der Waals surface area (Å²) in [4.78, 5) is 35.7. The summed E-state index contributed by atoms with van der Waals surface area (Å²) in [6.45, 7) is 8.06. The molecule has 0 saturated carbocycles. The fourth-order valence-electron chi connectivity index (χ4n) is 5.00. The molecule has 0 aliphatic carbocycles. The minimum atomic E-state index is -0.598. The Balaban J connectivity index is 1.48. The molecule has 3 aromatic heterocycles. The molecule has 5 heterocycles. The van der Waals surface area contributed by atoms with Crippen molar-refractivity contribution in [1.29, 1.82) is 0 Å². The summed E-state index contributed by atoms with van der Waals surface area (Å²) in [7, 11) is 0. The van der Waals surface area contributed by atoms with Crippen LogP contribution >= 0.6 is 0 Å². The number of carbonyl (C=O) groups excluding carboxylic acids is 1. The molecule has 4 aromatic rings. The molecule has 172 valence electrons. The summed E-state index contributed by atoms with van der Waals surface area (Å²) < 4.78 is 7.40. The van der Waals surface area contributed by atoms with Crippen LogP contribution in [0.25, 0.3) is 33.8 Å². The molecule has 1 atom stereocenters. The minimum Gasteiger partial charge on any atom is -0.381 e. The van der Waals surface area contributed by atoms with E-state index in [1.165, 1.54) is 0 Å². The number of aromatic nitrogens is 6. The van der Waals surface area contributed by atoms with Gasteiger partial charge in [-0.05, 0) is 44.9 Å². The van der Waals surface area contributed by atoms with Gasteiger partial charge in [0.15, 0.2) is 5.65 Å². The maximum Gasteiger partial charge on any atom is 0.234 e. The molecule has 2 aliphatic heterocycles. The number of anilines is 1. The first kappa shape index (κ1) is 20.9. The molecule has 6 rings (SSSR count). The summed E-state index contributed by atoms with van der Waals surface area (Å²) in [5, 5.41) is 3.06. The Morgan fingerprint density at radius 3 is 2.65 bits per heavy atom. The molecule has 1 aromatic carbocycles. The normalized spacial score (nSPS) is 19.8. The molecular formula is C25H25N7O2. The molecule has 34 heavy (non-hydrogen) atoms. The van der Waals surface area contributed by atoms with Crippen molar-refractivity contribution in [3.8, 4) is 22.6 Å². The highest BCUT2D eigenvalue weighted by molar-refractivity contribution is 6.06. The SMILES string of the molecule is CCn1c(-c2cnc(C)nc2)nc2c(-c3ccc4c(c3)C(C)(CC3COC3)C(=O)N4)ncnc21. The summed E-state index contributed by atoms with van der Waals surface area (Å²) in [5.41, 5.74) is 5.20. The lowest BCUT2D eigenvalue weighted by atomic mass is 9.75. The van der Waals surface area contributed by atoms with Crippen molar-refractivity contribution in [2.45, 2.75) is 39.2 Å². The topological polar surface area (TPSA) is 108 Å². The van der Waals surface area contributed by atoms with Crippen LogP contribution in [0.2, 0.25) is 0 Å². The molecule has 0 bridgehead atoms. The average Bonchev–Trinajstić information content (AvgIpc) is 3.31. The van der Waals surface area contributed by atoms with Crippen LogP contribution in [-0.4, -0.2) is 48.6 Å². The van der Waals surface area contributed by atoms with Crippen LogP contribution in [0.4, 0.5) is 5.69 Å². The lowest BCUT2D eigenvalue weighted by molar-refractivity contribution is -0.122. The molecule has 1 amide bonds. The van der Waals surface area contributed by atoms with E-state index in [4.69, 9.17) is 9.72 Å². The van der Waals surface area contributed by atoms with Crippen LogP contribution in [0, 0.1) is 12.8 Å². The second-order valence-corrected chi connectivity index (χ2v) is 9.25. The van der Waals surface area contributed by atoms with E-state index in [9.17, 15) is 4.79 Å². The van der Waals surface area contributed by atoms with Gasteiger partial charge >= 0.3 is 0 Å². The zero-order valence-corrected chi connectivity index (χ0v) is 19.4. The molecule has 1 unspecified atom stereocenters. The Morgan fingerprint density at radius 1 is 1.15 bits per heavy atom. The van der Waals surface area contributed by atoms with Crippen molar-refractivity contribution in [1.82, 2.24) is 29.5 Å². The van der Waals surface area contributed by atoms with Crippen LogP contribution in [0.3, 0.4) is 0 Å². The number of carbonyl (C=O) groups is 1. The van der Waals surface area contributed by atoms with Crippen molar-refractivity contribution < 1.29 is 9.53 Å². The Hall–Kier alpha value is -3.72. The van der Waals surface area contributed by atoms with Gasteiger partial charge in [0.2, 0.25) is 5.91 Å². The van der Waals surface area contributed by atoms with Crippen molar-refractivity contribution in [2.75, 3.05) is 18.5 Å². The van der Waals surface area contributed by atoms with E-state index in [2.05, 4.69) is 38.2 Å². The quantitative estimate of drug-likeness (QED) is 0.490. The fraction of sp³-hybridized carbons (Fsp3) is 0.360. The van der Waals surface area contributed by atoms with E-state index >= 15 is 0 Å². The number of nitrogens with one attached hydrogen (secondary N) is 1. The van der Waals surface area contributed by atoms with Crippen LogP contribution < -0.4 is 5.32 Å². The fourth-order valence-corrected chi connectivity index (χ4v) is 5.00. The molecule has 1 saturated heterocycles. The molecule has 9 heteroatoms. The van der Waals surface area contributed by atoms with Gasteiger partial charge in [-0.1, -0.05) is 6.07 Å². The molecule has 1 fully saturated rings. The third-order valence-electron chi connectivity index (χ3n) is 6.93. The number of ether oxygens (including phenoxy) is 1. The van der Waals surface area contributed by atoms with Gasteiger partial charge in [0.25, 0.3) is 0 Å². The number of hydrogen-bond acceptors (Lipinski definition) is 7. The second-order valence-electron chi connectivity index (χ2n) is 9.25. The number of aryl methyl sites for hydroxylation is 2. The predicted octanol–water partition coefficient (Wildman–Crippen LogP) is 3.52. The predicted molar refractivity (Wildman–Crippen MR) is 127 cm³/mol. The third-order valence-corrected chi connectivity index (χ3v) is 6.93. The summed E-state index contributed by atoms with van der Waals surface area (Å²) >= 11 is 0. The van der Waals surface area contributed by atoms with Crippen molar-refractivity contribution in [3.05, 3.63) is 48.3 Å². The number of hydrogen-bond donors (Lipinski definition) is 1. The maximum absolute atomic E-state index is 13.0. The summed E-state index contributed by atoms with van der Waals surface area (Å²) in [6.07, 6.45) is 5.90. The Labute approximate surface area is 196 Å². The minimum absolute atomic E-state index is 0.0382. The molecule has 0 radical (unpaired) electrons. The molecule has 2 aliphatic rings. The van der Waals surface area contributed by atoms with Gasteiger partial charge in [-0.2, -0.15) is 0 Å². The van der Waals surface area contributed by atoms with Crippen LogP contribution in [0.1, 0.15) is 31.7 Å². The smallest absolute Gasteiger partial charge is 0.234 e. The van der Waals surface area contributed by atoms with Gasteiger partial charge in [-0.15, -0.1) is 0 Å². The van der Waals surface area contributed by atoms with E-state index < -0.39 is 5.41 Å². The average molecular weight is 456 g/mol. The maximum atomic E-state index is 13.0. The van der Waals surface area contributed by atoms with E-state index in [1.807, 2.05) is 30.5 Å². The molecule has 0 spiro atoms. The molecular weight excluding hydrogens is 430 g/mol. The largest absolute Gasteiger partial charge is 0.381 e. The Morgan fingerprint density at radius 2 is 1.94 bits per heavy atom. The highest BCUT2D eigenvalue weighted by Crippen LogP contribution is 2.45. The monoisotopic (exact) mass is 455 g/mol. The number of benzene rings is 1. The highest BCUT2D eigenvalue weighted by Gasteiger charge is 2.45. The Bertz CT molecular complexity index is 1430. The van der Waals surface area contributed by atoms with E-state index in [1.54, 1.807) is 18.7 Å². The van der Waals surface area contributed by atoms with Crippen LogP contribution in [0.5, 0.6) is 0 Å². The molecule has 1 N–H and O–H groups in total. The number of amides is 1. The van der Waals surface area contributed by atoms with Gasteiger partial charge in [0.05, 0.1) is 24.2 Å². The first-order valence-electron chi connectivity index (χ1n) is 11.5. The van der Waals surface area contributed by atoms with Gasteiger partial charge < -0.3 is 14.6 Å². The van der Waals surface area contributed by atoms with Gasteiger partial charge in [0.1, 0.15) is 29.2 Å². The number of fused-ring (bicyclic) bond motifs is 2. The summed E-state index contributed by atoms with van der Waals surface area (Å²) in [5.74, 6) is 1.90. The number of nitrogens with zero attached hydrogens (tertiary/aromatic N) is 6. The second kappa shape index (κ2) is 7.66. The number of imidazole rings is 1. The van der Waals surface area contributed by atoms with Crippen molar-refractivity contribution in [3.63, 3.8) is 0 Å². The van der Waals surface area contributed by atoms with Gasteiger partial charge in [-0.3, -0.25) is 4.79 Å². The van der Waals surface area contributed by atoms with Crippen LogP contribution in [0.15, 0.2) is 36.9 Å². The van der Waals surface area contributed by atoms with Gasteiger partial charge in [0, 0.05) is 36.1 Å². The number of rotatable bonds is 5. The lowest BCUT2D eigenvalue weighted by Crippen LogP contribution is -2.39. The highest BCUT2D eigenvalue weighted by atomic mass is 16.5. The zero-order chi connectivity index (χ0) is 23.4. The molecule has 9 nitrogen and oxygen atoms in total. The first-order valence-corrected chi connectivity index (χ1v) is 11.5. The van der Waals surface area contributed by atoms with Gasteiger partial charge in [-0.25, -0.2) is 24.9 Å². The van der Waals surface area contributed by atoms with Crippen molar-refractivity contribution >= 4 is 22.8 Å². The zero-order valence-electron chi connectivity index (χ0n) is 19.4.